The van der Waals surface area contributed by atoms with Crippen LogP contribution in [0.3, 0.4) is 0 Å². The summed E-state index contributed by atoms with van der Waals surface area (Å²) in [6.07, 6.45) is 1.47. The molecule has 2 amide bonds. The lowest BCUT2D eigenvalue weighted by atomic mass is 10.1. The van der Waals surface area contributed by atoms with Gasteiger partial charge in [-0.3, -0.25) is 9.59 Å². The Balaban J connectivity index is 1.71. The van der Waals surface area contributed by atoms with E-state index in [0.717, 1.165) is 28.4 Å². The fraction of sp³-hybridized carbons (Fsp3) is 0.333. The van der Waals surface area contributed by atoms with Gasteiger partial charge in [0.25, 0.3) is 5.91 Å². The van der Waals surface area contributed by atoms with Crippen molar-refractivity contribution in [3.63, 3.8) is 0 Å². The normalized spacial score (nSPS) is 14.4. The lowest BCUT2D eigenvalue weighted by molar-refractivity contribution is -0.128. The molecule has 29 heavy (non-hydrogen) atoms. The molecule has 1 fully saturated rings. The van der Waals surface area contributed by atoms with Crippen molar-refractivity contribution in [3.05, 3.63) is 65.2 Å². The predicted molar refractivity (Wildman–Crippen MR) is 110 cm³/mol. The maximum absolute atomic E-state index is 12.6. The molecule has 1 aliphatic rings. The summed E-state index contributed by atoms with van der Waals surface area (Å²) < 4.78 is 25.7. The van der Waals surface area contributed by atoms with E-state index in [9.17, 15) is 18.0 Å². The Morgan fingerprint density at radius 2 is 1.83 bits per heavy atom. The second kappa shape index (κ2) is 8.75. The second-order valence-corrected chi connectivity index (χ2v) is 9.34. The average Bonchev–Trinajstić information content (AvgIpc) is 3.11. The quantitative estimate of drug-likeness (QED) is 0.749. The molecule has 154 valence electrons. The summed E-state index contributed by atoms with van der Waals surface area (Å²) in [5.74, 6) is -0.199. The number of nitrogens with one attached hydrogen (secondary N) is 1. The molecule has 2 aromatic carbocycles. The van der Waals surface area contributed by atoms with Crippen molar-refractivity contribution < 1.29 is 18.0 Å². The maximum Gasteiger partial charge on any atom is 0.251 e. The number of hydrogen-bond donors (Lipinski definition) is 1. The SMILES string of the molecule is CN(C)S(=O)(=O)c1cccc(C(=O)NCc2ccccc2CN2CCCC2=O)c1. The number of carbonyl (C=O) groups excluding carboxylic acids is 2. The number of benzene rings is 2. The molecule has 0 bridgehead atoms. The highest BCUT2D eigenvalue weighted by Gasteiger charge is 2.21. The molecule has 1 aliphatic heterocycles. The minimum atomic E-state index is -3.61. The van der Waals surface area contributed by atoms with Crippen LogP contribution >= 0.6 is 0 Å². The number of carbonyl (C=O) groups is 2. The average molecular weight is 416 g/mol. The van der Waals surface area contributed by atoms with E-state index in [-0.39, 0.29) is 22.3 Å². The first-order valence-corrected chi connectivity index (χ1v) is 10.9. The van der Waals surface area contributed by atoms with E-state index in [4.69, 9.17) is 0 Å². The topological polar surface area (TPSA) is 86.8 Å². The van der Waals surface area contributed by atoms with Crippen LogP contribution in [-0.2, 0) is 27.9 Å². The highest BCUT2D eigenvalue weighted by molar-refractivity contribution is 7.89. The molecule has 1 saturated heterocycles. The molecule has 1 N–H and O–H groups in total. The predicted octanol–water partition coefficient (Wildman–Crippen LogP) is 1.99. The largest absolute Gasteiger partial charge is 0.348 e. The Labute approximate surface area is 171 Å². The Morgan fingerprint density at radius 3 is 2.48 bits per heavy atom. The molecule has 7 nitrogen and oxygen atoms in total. The zero-order chi connectivity index (χ0) is 21.0. The van der Waals surface area contributed by atoms with Crippen LogP contribution in [0.4, 0.5) is 0 Å². The molecule has 3 rings (SSSR count). The van der Waals surface area contributed by atoms with Gasteiger partial charge in [-0.05, 0) is 35.7 Å². The third kappa shape index (κ3) is 4.83. The first-order valence-electron chi connectivity index (χ1n) is 9.44. The molecule has 0 unspecified atom stereocenters. The van der Waals surface area contributed by atoms with Crippen molar-refractivity contribution >= 4 is 21.8 Å². The summed E-state index contributed by atoms with van der Waals surface area (Å²) in [5.41, 5.74) is 2.20. The Kier molecular flexibility index (Phi) is 6.34. The van der Waals surface area contributed by atoms with Crippen molar-refractivity contribution in [1.29, 1.82) is 0 Å². The fourth-order valence-corrected chi connectivity index (χ4v) is 4.20. The van der Waals surface area contributed by atoms with Gasteiger partial charge in [0, 0.05) is 45.7 Å². The number of amides is 2. The van der Waals surface area contributed by atoms with Crippen LogP contribution in [0.2, 0.25) is 0 Å². The van der Waals surface area contributed by atoms with Crippen LogP contribution in [-0.4, -0.2) is 50.1 Å². The fourth-order valence-electron chi connectivity index (χ4n) is 3.25. The number of hydrogen-bond acceptors (Lipinski definition) is 4. The van der Waals surface area contributed by atoms with Crippen LogP contribution in [0, 0.1) is 0 Å². The van der Waals surface area contributed by atoms with Crippen molar-refractivity contribution in [2.24, 2.45) is 0 Å². The van der Waals surface area contributed by atoms with Crippen LogP contribution in [0.5, 0.6) is 0 Å². The van der Waals surface area contributed by atoms with Gasteiger partial charge >= 0.3 is 0 Å². The molecule has 0 spiro atoms. The molecular formula is C21H25N3O4S. The molecule has 1 heterocycles. The van der Waals surface area contributed by atoms with Crippen LogP contribution < -0.4 is 5.32 Å². The van der Waals surface area contributed by atoms with E-state index in [0.29, 0.717) is 19.5 Å². The summed E-state index contributed by atoms with van der Waals surface area (Å²) in [6, 6.07) is 13.7. The number of nitrogens with zero attached hydrogens (tertiary/aromatic N) is 2. The monoisotopic (exact) mass is 415 g/mol. The molecular weight excluding hydrogens is 390 g/mol. The second-order valence-electron chi connectivity index (χ2n) is 7.19. The van der Waals surface area contributed by atoms with Gasteiger partial charge in [-0.15, -0.1) is 0 Å². The minimum absolute atomic E-state index is 0.0723. The number of rotatable bonds is 7. The summed E-state index contributed by atoms with van der Waals surface area (Å²) in [4.78, 5) is 26.4. The summed E-state index contributed by atoms with van der Waals surface area (Å²) in [6.45, 7) is 1.58. The number of sulfonamides is 1. The van der Waals surface area contributed by atoms with Crippen molar-refractivity contribution in [2.75, 3.05) is 20.6 Å². The number of likely N-dealkylation sites (tertiary alicyclic amines) is 1. The highest BCUT2D eigenvalue weighted by atomic mass is 32.2. The third-order valence-electron chi connectivity index (χ3n) is 4.97. The summed E-state index contributed by atoms with van der Waals surface area (Å²) in [7, 11) is -0.712. The highest BCUT2D eigenvalue weighted by Crippen LogP contribution is 2.18. The van der Waals surface area contributed by atoms with E-state index in [1.54, 1.807) is 12.1 Å². The molecule has 0 radical (unpaired) electrons. The molecule has 0 aromatic heterocycles. The van der Waals surface area contributed by atoms with Gasteiger partial charge in [0.1, 0.15) is 0 Å². The van der Waals surface area contributed by atoms with Gasteiger partial charge in [-0.2, -0.15) is 0 Å². The molecule has 2 aromatic rings. The molecule has 0 atom stereocenters. The van der Waals surface area contributed by atoms with Gasteiger partial charge in [0.15, 0.2) is 0 Å². The van der Waals surface area contributed by atoms with E-state index < -0.39 is 10.0 Å². The van der Waals surface area contributed by atoms with E-state index in [2.05, 4.69) is 5.32 Å². The zero-order valence-corrected chi connectivity index (χ0v) is 17.4. The molecule has 0 aliphatic carbocycles. The Bertz CT molecular complexity index is 1020. The molecule has 8 heteroatoms. The van der Waals surface area contributed by atoms with E-state index in [1.165, 1.54) is 26.2 Å². The molecule has 0 saturated carbocycles. The lowest BCUT2D eigenvalue weighted by Gasteiger charge is -2.18. The van der Waals surface area contributed by atoms with Crippen LogP contribution in [0.1, 0.15) is 34.3 Å². The zero-order valence-electron chi connectivity index (χ0n) is 16.6. The van der Waals surface area contributed by atoms with Crippen molar-refractivity contribution in [2.45, 2.75) is 30.8 Å². The van der Waals surface area contributed by atoms with Crippen molar-refractivity contribution in [3.8, 4) is 0 Å². The van der Waals surface area contributed by atoms with Gasteiger partial charge in [-0.1, -0.05) is 30.3 Å². The third-order valence-corrected chi connectivity index (χ3v) is 6.78. The van der Waals surface area contributed by atoms with Gasteiger partial charge in [0.2, 0.25) is 15.9 Å². The van der Waals surface area contributed by atoms with Crippen molar-refractivity contribution in [1.82, 2.24) is 14.5 Å². The van der Waals surface area contributed by atoms with Crippen LogP contribution in [0.25, 0.3) is 0 Å². The first-order chi connectivity index (χ1) is 13.8. The van der Waals surface area contributed by atoms with Gasteiger partial charge in [-0.25, -0.2) is 12.7 Å². The first kappa shape index (κ1) is 21.0. The van der Waals surface area contributed by atoms with E-state index in [1.807, 2.05) is 29.2 Å². The van der Waals surface area contributed by atoms with E-state index >= 15 is 0 Å². The standard InChI is InChI=1S/C21H25N3O4S/c1-23(2)29(27,28)19-10-5-9-16(13-19)21(26)22-14-17-7-3-4-8-18(17)15-24-12-6-11-20(24)25/h3-5,7-10,13H,6,11-12,14-15H2,1-2H3,(H,22,26). The smallest absolute Gasteiger partial charge is 0.251 e. The maximum atomic E-state index is 12.6. The Morgan fingerprint density at radius 1 is 1.10 bits per heavy atom. The minimum Gasteiger partial charge on any atom is -0.348 e. The van der Waals surface area contributed by atoms with Crippen LogP contribution in [0.15, 0.2) is 53.4 Å². The summed E-state index contributed by atoms with van der Waals surface area (Å²) in [5, 5.41) is 2.85. The summed E-state index contributed by atoms with van der Waals surface area (Å²) >= 11 is 0. The van der Waals surface area contributed by atoms with Gasteiger partial charge < -0.3 is 10.2 Å². The van der Waals surface area contributed by atoms with Gasteiger partial charge in [0.05, 0.1) is 4.90 Å². The Hall–Kier alpha value is -2.71. The lowest BCUT2D eigenvalue weighted by Crippen LogP contribution is -2.27.